The van der Waals surface area contributed by atoms with E-state index in [2.05, 4.69) is 5.32 Å². The summed E-state index contributed by atoms with van der Waals surface area (Å²) in [5.41, 5.74) is 0.367. The second kappa shape index (κ2) is 6.66. The van der Waals surface area contributed by atoms with Crippen LogP contribution in [0.15, 0.2) is 18.2 Å². The molecule has 0 fully saturated rings. The number of methoxy groups -OCH3 is 1. The van der Waals surface area contributed by atoms with Gasteiger partial charge in [0.05, 0.1) is 12.5 Å². The molecule has 19 heavy (non-hydrogen) atoms. The molecule has 0 unspecified atom stereocenters. The minimum atomic E-state index is -0.566. The molecule has 0 aromatic heterocycles. The zero-order valence-corrected chi connectivity index (χ0v) is 12.3. The number of carbonyl (C=O) groups excluding carboxylic acids is 1. The van der Waals surface area contributed by atoms with Gasteiger partial charge in [0.25, 0.3) is 0 Å². The normalized spacial score (nSPS) is 11.2. The zero-order chi connectivity index (χ0) is 14.5. The summed E-state index contributed by atoms with van der Waals surface area (Å²) >= 11 is 5.73. The van der Waals surface area contributed by atoms with Gasteiger partial charge in [0.15, 0.2) is 11.5 Å². The summed E-state index contributed by atoms with van der Waals surface area (Å²) < 4.78 is 4.97. The van der Waals surface area contributed by atoms with Crippen molar-refractivity contribution in [2.24, 2.45) is 5.41 Å². The van der Waals surface area contributed by atoms with Crippen LogP contribution in [0.4, 0.5) is 0 Å². The third-order valence-corrected chi connectivity index (χ3v) is 3.56. The molecule has 4 nitrogen and oxygen atoms in total. The van der Waals surface area contributed by atoms with E-state index in [0.717, 1.165) is 5.56 Å². The average molecular weight is 286 g/mol. The van der Waals surface area contributed by atoms with Crippen LogP contribution in [0.2, 0.25) is 0 Å². The van der Waals surface area contributed by atoms with E-state index in [4.69, 9.17) is 16.3 Å². The number of rotatable bonds is 6. The van der Waals surface area contributed by atoms with E-state index in [-0.39, 0.29) is 17.5 Å². The first-order chi connectivity index (χ1) is 8.90. The van der Waals surface area contributed by atoms with Crippen LogP contribution in [0, 0.1) is 5.41 Å². The smallest absolute Gasteiger partial charge is 0.226 e. The van der Waals surface area contributed by atoms with Gasteiger partial charge in [0.1, 0.15) is 0 Å². The Labute approximate surface area is 118 Å². The lowest BCUT2D eigenvalue weighted by molar-refractivity contribution is -0.128. The van der Waals surface area contributed by atoms with Gasteiger partial charge in [-0.2, -0.15) is 0 Å². The Hall–Kier alpha value is -1.42. The van der Waals surface area contributed by atoms with Gasteiger partial charge in [0.2, 0.25) is 5.91 Å². The fourth-order valence-electron chi connectivity index (χ4n) is 1.51. The Morgan fingerprint density at radius 3 is 2.68 bits per heavy atom. The molecule has 0 saturated carbocycles. The summed E-state index contributed by atoms with van der Waals surface area (Å²) in [6.45, 7) is 4.11. The van der Waals surface area contributed by atoms with Crippen LogP contribution in [0.3, 0.4) is 0 Å². The number of phenols is 1. The number of benzene rings is 1. The van der Waals surface area contributed by atoms with Crippen molar-refractivity contribution in [2.75, 3.05) is 19.5 Å². The van der Waals surface area contributed by atoms with Gasteiger partial charge in [0, 0.05) is 12.4 Å². The molecule has 0 saturated heterocycles. The maximum atomic E-state index is 11.8. The van der Waals surface area contributed by atoms with Crippen molar-refractivity contribution in [3.63, 3.8) is 0 Å². The average Bonchev–Trinajstić information content (AvgIpc) is 2.38. The Balaban J connectivity index is 2.50. The van der Waals surface area contributed by atoms with Gasteiger partial charge < -0.3 is 15.2 Å². The maximum absolute atomic E-state index is 11.8. The molecule has 5 heteroatoms. The summed E-state index contributed by atoms with van der Waals surface area (Å²) in [6.07, 6.45) is 0.641. The predicted molar refractivity (Wildman–Crippen MR) is 75.9 cm³/mol. The number of aromatic hydroxyl groups is 1. The van der Waals surface area contributed by atoms with Crippen LogP contribution in [0.25, 0.3) is 0 Å². The topological polar surface area (TPSA) is 58.6 Å². The number of nitrogens with one attached hydrogen (secondary N) is 1. The van der Waals surface area contributed by atoms with Crippen LogP contribution in [-0.2, 0) is 11.2 Å². The van der Waals surface area contributed by atoms with Crippen molar-refractivity contribution in [1.29, 1.82) is 0 Å². The molecule has 0 bridgehead atoms. The predicted octanol–water partition coefficient (Wildman–Crippen LogP) is 2.32. The summed E-state index contributed by atoms with van der Waals surface area (Å²) in [4.78, 5) is 11.8. The highest BCUT2D eigenvalue weighted by molar-refractivity contribution is 6.19. The second-order valence-corrected chi connectivity index (χ2v) is 5.30. The highest BCUT2D eigenvalue weighted by Crippen LogP contribution is 2.26. The first-order valence-corrected chi connectivity index (χ1v) is 6.64. The maximum Gasteiger partial charge on any atom is 0.226 e. The molecular weight excluding hydrogens is 266 g/mol. The van der Waals surface area contributed by atoms with Crippen molar-refractivity contribution in [3.05, 3.63) is 23.8 Å². The van der Waals surface area contributed by atoms with Crippen LogP contribution in [0.5, 0.6) is 11.5 Å². The van der Waals surface area contributed by atoms with Crippen LogP contribution in [-0.4, -0.2) is 30.5 Å². The third-order valence-electron chi connectivity index (χ3n) is 2.89. The van der Waals surface area contributed by atoms with Crippen LogP contribution in [0.1, 0.15) is 19.4 Å². The van der Waals surface area contributed by atoms with Crippen molar-refractivity contribution in [2.45, 2.75) is 20.3 Å². The Kier molecular flexibility index (Phi) is 5.48. The Morgan fingerprint density at radius 2 is 2.16 bits per heavy atom. The molecular formula is C14H20ClNO3. The minimum absolute atomic E-state index is 0.0692. The lowest BCUT2D eigenvalue weighted by atomic mass is 9.95. The van der Waals surface area contributed by atoms with Crippen LogP contribution < -0.4 is 10.1 Å². The van der Waals surface area contributed by atoms with Gasteiger partial charge in [-0.25, -0.2) is 0 Å². The van der Waals surface area contributed by atoms with Crippen molar-refractivity contribution < 1.29 is 14.6 Å². The molecule has 0 radical (unpaired) electrons. The van der Waals surface area contributed by atoms with Gasteiger partial charge in [-0.15, -0.1) is 11.6 Å². The molecule has 0 atom stereocenters. The van der Waals surface area contributed by atoms with E-state index in [1.54, 1.807) is 26.0 Å². The van der Waals surface area contributed by atoms with E-state index >= 15 is 0 Å². The monoisotopic (exact) mass is 285 g/mol. The summed E-state index contributed by atoms with van der Waals surface area (Å²) in [5.74, 6) is 0.756. The quantitative estimate of drug-likeness (QED) is 0.789. The fraction of sp³-hybridized carbons (Fsp3) is 0.500. The SMILES string of the molecule is COc1ccc(CCNC(=O)C(C)(C)CCl)cc1O. The lowest BCUT2D eigenvalue weighted by Gasteiger charge is -2.20. The summed E-state index contributed by atoms with van der Waals surface area (Å²) in [5, 5.41) is 12.5. The highest BCUT2D eigenvalue weighted by atomic mass is 35.5. The number of halogens is 1. The Morgan fingerprint density at radius 1 is 1.47 bits per heavy atom. The summed E-state index contributed by atoms with van der Waals surface area (Å²) in [6, 6.07) is 5.20. The van der Waals surface area contributed by atoms with E-state index in [1.165, 1.54) is 7.11 Å². The fourth-order valence-corrected chi connectivity index (χ4v) is 1.63. The summed E-state index contributed by atoms with van der Waals surface area (Å²) in [7, 11) is 1.50. The number of alkyl halides is 1. The number of amides is 1. The molecule has 0 aliphatic rings. The van der Waals surface area contributed by atoms with E-state index in [0.29, 0.717) is 18.7 Å². The van der Waals surface area contributed by atoms with Crippen molar-refractivity contribution >= 4 is 17.5 Å². The van der Waals surface area contributed by atoms with Gasteiger partial charge in [-0.1, -0.05) is 6.07 Å². The lowest BCUT2D eigenvalue weighted by Crippen LogP contribution is -2.39. The molecule has 1 aromatic carbocycles. The van der Waals surface area contributed by atoms with Gasteiger partial charge in [-0.3, -0.25) is 4.79 Å². The molecule has 1 rings (SSSR count). The number of phenolic OH excluding ortho intramolecular Hbond substituents is 1. The standard InChI is InChI=1S/C14H20ClNO3/c1-14(2,9-15)13(18)16-7-6-10-4-5-12(19-3)11(17)8-10/h4-5,8,17H,6-7,9H2,1-3H3,(H,16,18). The Bertz CT molecular complexity index is 446. The molecule has 0 heterocycles. The molecule has 2 N–H and O–H groups in total. The number of carbonyl (C=O) groups is 1. The number of hydrogen-bond acceptors (Lipinski definition) is 3. The largest absolute Gasteiger partial charge is 0.504 e. The molecule has 0 aliphatic heterocycles. The molecule has 106 valence electrons. The van der Waals surface area contributed by atoms with E-state index in [9.17, 15) is 9.90 Å². The second-order valence-electron chi connectivity index (χ2n) is 5.03. The zero-order valence-electron chi connectivity index (χ0n) is 11.5. The highest BCUT2D eigenvalue weighted by Gasteiger charge is 2.25. The number of hydrogen-bond donors (Lipinski definition) is 2. The van der Waals surface area contributed by atoms with Crippen molar-refractivity contribution in [3.8, 4) is 11.5 Å². The van der Waals surface area contributed by atoms with Crippen LogP contribution >= 0.6 is 11.6 Å². The van der Waals surface area contributed by atoms with Crippen molar-refractivity contribution in [1.82, 2.24) is 5.32 Å². The molecule has 0 aliphatic carbocycles. The van der Waals surface area contributed by atoms with E-state index in [1.807, 2.05) is 6.07 Å². The third kappa shape index (κ3) is 4.31. The molecule has 1 amide bonds. The first-order valence-electron chi connectivity index (χ1n) is 6.11. The van der Waals surface area contributed by atoms with E-state index < -0.39 is 5.41 Å². The van der Waals surface area contributed by atoms with Gasteiger partial charge >= 0.3 is 0 Å². The molecule has 1 aromatic rings. The number of ether oxygens (including phenoxy) is 1. The first kappa shape index (κ1) is 15.6. The minimum Gasteiger partial charge on any atom is -0.504 e. The van der Waals surface area contributed by atoms with Gasteiger partial charge in [-0.05, 0) is 38.0 Å². The molecule has 0 spiro atoms.